The second-order valence-corrected chi connectivity index (χ2v) is 5.55. The molecule has 3 rings (SSSR count). The number of halogens is 3. The predicted molar refractivity (Wildman–Crippen MR) is 80.8 cm³/mol. The highest BCUT2D eigenvalue weighted by Crippen LogP contribution is 2.30. The Labute approximate surface area is 136 Å². The molecule has 1 atom stereocenters. The predicted octanol–water partition coefficient (Wildman–Crippen LogP) is 3.44. The third-order valence-electron chi connectivity index (χ3n) is 3.82. The Kier molecular flexibility index (Phi) is 4.42. The quantitative estimate of drug-likeness (QED) is 0.930. The number of nitrogens with zero attached hydrogens (tertiary/aromatic N) is 1. The van der Waals surface area contributed by atoms with Crippen LogP contribution in [0.1, 0.15) is 33.9 Å². The van der Waals surface area contributed by atoms with E-state index in [9.17, 15) is 18.0 Å². The van der Waals surface area contributed by atoms with Crippen LogP contribution < -0.4 is 10.1 Å². The number of alkyl halides is 3. The molecule has 2 aromatic rings. The van der Waals surface area contributed by atoms with Gasteiger partial charge >= 0.3 is 6.18 Å². The zero-order valence-electron chi connectivity index (χ0n) is 12.6. The lowest BCUT2D eigenvalue weighted by atomic mass is 10.1. The minimum atomic E-state index is -4.42. The summed E-state index contributed by atoms with van der Waals surface area (Å²) in [5, 5.41) is 2.93. The van der Waals surface area contributed by atoms with E-state index in [-0.39, 0.29) is 23.4 Å². The molecule has 0 unspecified atom stereocenters. The van der Waals surface area contributed by atoms with Gasteiger partial charge in [-0.15, -0.1) is 0 Å². The van der Waals surface area contributed by atoms with Gasteiger partial charge in [0.15, 0.2) is 6.61 Å². The van der Waals surface area contributed by atoms with Gasteiger partial charge in [-0.25, -0.2) is 4.98 Å². The molecule has 1 aromatic heterocycles. The maximum atomic E-state index is 12.3. The topological polar surface area (TPSA) is 51.2 Å². The van der Waals surface area contributed by atoms with E-state index in [1.54, 1.807) is 0 Å². The fourth-order valence-electron chi connectivity index (χ4n) is 2.70. The van der Waals surface area contributed by atoms with Crippen molar-refractivity contribution in [3.8, 4) is 5.88 Å². The summed E-state index contributed by atoms with van der Waals surface area (Å²) >= 11 is 0. The lowest BCUT2D eigenvalue weighted by Crippen LogP contribution is -2.27. The molecule has 1 heterocycles. The summed E-state index contributed by atoms with van der Waals surface area (Å²) in [4.78, 5) is 16.0. The van der Waals surface area contributed by atoms with Crippen LogP contribution in [0.3, 0.4) is 0 Å². The molecule has 1 aliphatic rings. The first-order valence-corrected chi connectivity index (χ1v) is 7.47. The fourth-order valence-corrected chi connectivity index (χ4v) is 2.70. The van der Waals surface area contributed by atoms with Crippen molar-refractivity contribution in [3.63, 3.8) is 0 Å². The number of nitrogens with one attached hydrogen (secondary N) is 1. The van der Waals surface area contributed by atoms with E-state index in [0.29, 0.717) is 0 Å². The van der Waals surface area contributed by atoms with Gasteiger partial charge in [0.1, 0.15) is 0 Å². The van der Waals surface area contributed by atoms with Crippen LogP contribution in [0.25, 0.3) is 0 Å². The molecule has 4 nitrogen and oxygen atoms in total. The number of aryl methyl sites for hydroxylation is 1. The van der Waals surface area contributed by atoms with E-state index in [4.69, 9.17) is 0 Å². The Morgan fingerprint density at radius 3 is 2.75 bits per heavy atom. The van der Waals surface area contributed by atoms with Crippen LogP contribution in [0.4, 0.5) is 13.2 Å². The normalized spacial score (nSPS) is 16.5. The van der Waals surface area contributed by atoms with Gasteiger partial charge in [0, 0.05) is 12.3 Å². The molecule has 1 amide bonds. The molecule has 126 valence electrons. The number of benzene rings is 1. The van der Waals surface area contributed by atoms with E-state index >= 15 is 0 Å². The molecule has 0 radical (unpaired) electrons. The minimum absolute atomic E-state index is 0.0603. The minimum Gasteiger partial charge on any atom is -0.468 e. The van der Waals surface area contributed by atoms with Crippen molar-refractivity contribution in [2.24, 2.45) is 0 Å². The maximum Gasteiger partial charge on any atom is 0.422 e. The van der Waals surface area contributed by atoms with Crippen LogP contribution in [-0.4, -0.2) is 23.7 Å². The second-order valence-electron chi connectivity index (χ2n) is 5.55. The Balaban J connectivity index is 1.62. The van der Waals surface area contributed by atoms with Crippen molar-refractivity contribution in [3.05, 3.63) is 59.3 Å². The summed E-state index contributed by atoms with van der Waals surface area (Å²) in [6.45, 7) is -1.41. The molecule has 0 aliphatic heterocycles. The van der Waals surface area contributed by atoms with E-state index in [2.05, 4.69) is 15.0 Å². The van der Waals surface area contributed by atoms with Gasteiger partial charge in [-0.1, -0.05) is 24.3 Å². The van der Waals surface area contributed by atoms with E-state index in [1.807, 2.05) is 24.3 Å². The molecule has 0 bridgehead atoms. The molecule has 1 N–H and O–H groups in total. The van der Waals surface area contributed by atoms with Gasteiger partial charge in [0.05, 0.1) is 11.6 Å². The summed E-state index contributed by atoms with van der Waals surface area (Å²) in [6, 6.07) is 10.5. The van der Waals surface area contributed by atoms with Crippen molar-refractivity contribution in [2.45, 2.75) is 25.1 Å². The lowest BCUT2D eigenvalue weighted by molar-refractivity contribution is -0.154. The summed E-state index contributed by atoms with van der Waals surface area (Å²) in [5.74, 6) is -0.485. The largest absolute Gasteiger partial charge is 0.468 e. The molecule has 0 fully saturated rings. The van der Waals surface area contributed by atoms with E-state index in [1.165, 1.54) is 23.9 Å². The second kappa shape index (κ2) is 6.51. The number of carbonyl (C=O) groups is 1. The van der Waals surface area contributed by atoms with Gasteiger partial charge in [-0.3, -0.25) is 4.79 Å². The molecule has 0 saturated carbocycles. The first kappa shape index (κ1) is 16.3. The zero-order chi connectivity index (χ0) is 17.2. The van der Waals surface area contributed by atoms with Crippen molar-refractivity contribution in [1.82, 2.24) is 10.3 Å². The van der Waals surface area contributed by atoms with Crippen molar-refractivity contribution in [2.75, 3.05) is 6.61 Å². The summed E-state index contributed by atoms with van der Waals surface area (Å²) in [6.07, 6.45) is -1.48. The number of amides is 1. The third-order valence-corrected chi connectivity index (χ3v) is 3.82. The number of pyridine rings is 1. The number of aromatic nitrogens is 1. The molecular formula is C17H15F3N2O2. The summed E-state index contributed by atoms with van der Waals surface area (Å²) < 4.78 is 40.8. The number of rotatable bonds is 4. The number of hydrogen-bond donors (Lipinski definition) is 1. The Morgan fingerprint density at radius 2 is 2.04 bits per heavy atom. The lowest BCUT2D eigenvalue weighted by Gasteiger charge is -2.14. The van der Waals surface area contributed by atoms with Gasteiger partial charge in [-0.05, 0) is 30.0 Å². The number of hydrogen-bond acceptors (Lipinski definition) is 3. The van der Waals surface area contributed by atoms with Crippen LogP contribution in [0, 0.1) is 0 Å². The Hall–Kier alpha value is -2.57. The van der Waals surface area contributed by atoms with Gasteiger partial charge < -0.3 is 10.1 Å². The van der Waals surface area contributed by atoms with Crippen LogP contribution in [0.5, 0.6) is 5.88 Å². The third kappa shape index (κ3) is 3.84. The van der Waals surface area contributed by atoms with Crippen molar-refractivity contribution >= 4 is 5.91 Å². The van der Waals surface area contributed by atoms with Gasteiger partial charge in [-0.2, -0.15) is 13.2 Å². The number of fused-ring (bicyclic) bond motifs is 1. The van der Waals surface area contributed by atoms with E-state index in [0.717, 1.165) is 18.4 Å². The number of carbonyl (C=O) groups excluding carboxylic acids is 1. The standard InChI is InChI=1S/C17H15F3N2O2/c18-17(19,20)10-24-15-8-6-12(9-21-15)16(23)22-14-7-5-11-3-1-2-4-13(11)14/h1-4,6,8-9,14H,5,7,10H2,(H,22,23)/t14-/m0/s1. The molecule has 1 aromatic carbocycles. The highest BCUT2D eigenvalue weighted by molar-refractivity contribution is 5.94. The molecule has 7 heteroatoms. The first-order chi connectivity index (χ1) is 11.4. The highest BCUT2D eigenvalue weighted by Gasteiger charge is 2.28. The van der Waals surface area contributed by atoms with Crippen LogP contribution in [0.2, 0.25) is 0 Å². The average molecular weight is 336 g/mol. The molecule has 0 saturated heterocycles. The smallest absolute Gasteiger partial charge is 0.422 e. The fraction of sp³-hybridized carbons (Fsp3) is 0.294. The van der Waals surface area contributed by atoms with E-state index < -0.39 is 12.8 Å². The highest BCUT2D eigenvalue weighted by atomic mass is 19.4. The summed E-state index contributed by atoms with van der Waals surface area (Å²) in [7, 11) is 0. The monoisotopic (exact) mass is 336 g/mol. The summed E-state index contributed by atoms with van der Waals surface area (Å²) in [5.41, 5.74) is 2.60. The molecule has 1 aliphatic carbocycles. The SMILES string of the molecule is O=C(N[C@H]1CCc2ccccc21)c1ccc(OCC(F)(F)F)nc1. The number of ether oxygens (including phenoxy) is 1. The van der Waals surface area contributed by atoms with Crippen LogP contribution in [-0.2, 0) is 6.42 Å². The molecular weight excluding hydrogens is 321 g/mol. The van der Waals surface area contributed by atoms with Crippen molar-refractivity contribution < 1.29 is 22.7 Å². The first-order valence-electron chi connectivity index (χ1n) is 7.47. The van der Waals surface area contributed by atoms with Crippen LogP contribution >= 0.6 is 0 Å². The van der Waals surface area contributed by atoms with Gasteiger partial charge in [0.25, 0.3) is 5.91 Å². The zero-order valence-corrected chi connectivity index (χ0v) is 12.6. The average Bonchev–Trinajstić information content (AvgIpc) is 2.96. The van der Waals surface area contributed by atoms with Gasteiger partial charge in [0.2, 0.25) is 5.88 Å². The molecule has 24 heavy (non-hydrogen) atoms. The Bertz CT molecular complexity index is 729. The molecule has 0 spiro atoms. The van der Waals surface area contributed by atoms with Crippen molar-refractivity contribution in [1.29, 1.82) is 0 Å². The maximum absolute atomic E-state index is 12.3. The Morgan fingerprint density at radius 1 is 1.25 bits per heavy atom. The van der Waals surface area contributed by atoms with Crippen LogP contribution in [0.15, 0.2) is 42.6 Å².